The van der Waals surface area contributed by atoms with Gasteiger partial charge in [-0.15, -0.1) is 23.4 Å². The van der Waals surface area contributed by atoms with Crippen LogP contribution in [-0.4, -0.2) is 45.9 Å². The van der Waals surface area contributed by atoms with E-state index in [2.05, 4.69) is 0 Å². The van der Waals surface area contributed by atoms with Crippen molar-refractivity contribution < 1.29 is 19.1 Å². The number of benzene rings is 1. The van der Waals surface area contributed by atoms with Gasteiger partial charge in [0, 0.05) is 5.88 Å². The molecule has 23 heavy (non-hydrogen) atoms. The molecule has 0 bridgehead atoms. The molecular formula is C16H18ClNO4S. The Kier molecular flexibility index (Phi) is 4.47. The van der Waals surface area contributed by atoms with Gasteiger partial charge in [0.25, 0.3) is 0 Å². The summed E-state index contributed by atoms with van der Waals surface area (Å²) < 4.78 is 10.0. The van der Waals surface area contributed by atoms with Crippen molar-refractivity contribution in [3.8, 4) is 5.75 Å². The molecular weight excluding hydrogens is 338 g/mol. The van der Waals surface area contributed by atoms with Crippen LogP contribution in [0, 0.1) is 0 Å². The molecule has 1 aromatic carbocycles. The van der Waals surface area contributed by atoms with Gasteiger partial charge in [-0.05, 0) is 24.6 Å². The number of nitrogens with zero attached hydrogens (tertiary/aromatic N) is 1. The summed E-state index contributed by atoms with van der Waals surface area (Å²) in [5.41, 5.74) is 0.865. The fourth-order valence-corrected chi connectivity index (χ4v) is 4.84. The van der Waals surface area contributed by atoms with E-state index in [1.165, 1.54) is 0 Å². The Morgan fingerprint density at radius 3 is 2.70 bits per heavy atom. The highest BCUT2D eigenvalue weighted by atomic mass is 35.5. The minimum absolute atomic E-state index is 0.0114. The molecule has 0 saturated carbocycles. The van der Waals surface area contributed by atoms with Gasteiger partial charge < -0.3 is 14.4 Å². The lowest BCUT2D eigenvalue weighted by Gasteiger charge is -2.37. The van der Waals surface area contributed by atoms with Crippen LogP contribution >= 0.6 is 23.4 Å². The number of rotatable bonds is 5. The number of ether oxygens (including phenoxy) is 2. The van der Waals surface area contributed by atoms with Crippen molar-refractivity contribution in [2.75, 3.05) is 13.0 Å². The molecule has 124 valence electrons. The number of alkyl halides is 1. The highest BCUT2D eigenvalue weighted by Crippen LogP contribution is 2.51. The second kappa shape index (κ2) is 6.24. The van der Waals surface area contributed by atoms with Gasteiger partial charge in [-0.2, -0.15) is 0 Å². The van der Waals surface area contributed by atoms with Crippen molar-refractivity contribution in [3.05, 3.63) is 29.8 Å². The predicted molar refractivity (Wildman–Crippen MR) is 88.5 cm³/mol. The third kappa shape index (κ3) is 2.90. The van der Waals surface area contributed by atoms with Gasteiger partial charge in [-0.3, -0.25) is 4.79 Å². The smallest absolute Gasteiger partial charge is 0.330 e. The number of carbonyl (C=O) groups is 2. The molecule has 3 atom stereocenters. The van der Waals surface area contributed by atoms with E-state index in [1.54, 1.807) is 23.8 Å². The maximum Gasteiger partial charge on any atom is 0.330 e. The van der Waals surface area contributed by atoms with E-state index in [0.29, 0.717) is 12.3 Å². The van der Waals surface area contributed by atoms with Crippen LogP contribution in [-0.2, 0) is 20.9 Å². The average molecular weight is 356 g/mol. The van der Waals surface area contributed by atoms with Crippen molar-refractivity contribution in [2.24, 2.45) is 0 Å². The van der Waals surface area contributed by atoms with E-state index < -0.39 is 16.8 Å². The molecule has 7 heteroatoms. The Balaban J connectivity index is 1.67. The average Bonchev–Trinajstić information content (AvgIpc) is 2.81. The molecule has 2 fully saturated rings. The summed E-state index contributed by atoms with van der Waals surface area (Å²) in [5, 5.41) is 0.0461. The zero-order valence-corrected chi connectivity index (χ0v) is 14.5. The number of β-lactam (4-membered cyclic amide) rings is 1. The second-order valence-corrected chi connectivity index (χ2v) is 7.86. The molecule has 0 radical (unpaired) electrons. The van der Waals surface area contributed by atoms with E-state index in [9.17, 15) is 9.59 Å². The van der Waals surface area contributed by atoms with Crippen LogP contribution in [0.15, 0.2) is 24.3 Å². The number of methoxy groups -OCH3 is 1. The third-order valence-corrected chi connectivity index (χ3v) is 6.52. The molecule has 0 N–H and O–H groups in total. The molecule has 0 spiro atoms. The van der Waals surface area contributed by atoms with Crippen molar-refractivity contribution in [3.63, 3.8) is 0 Å². The lowest BCUT2D eigenvalue weighted by molar-refractivity contribution is -0.162. The van der Waals surface area contributed by atoms with Crippen LogP contribution in [0.5, 0.6) is 5.75 Å². The van der Waals surface area contributed by atoms with Gasteiger partial charge in [0.15, 0.2) is 0 Å². The lowest BCUT2D eigenvalue weighted by atomic mass is 9.98. The summed E-state index contributed by atoms with van der Waals surface area (Å²) in [6.07, 6.45) is 0.472. The van der Waals surface area contributed by atoms with Crippen molar-refractivity contribution in [2.45, 2.75) is 36.1 Å². The van der Waals surface area contributed by atoms with Crippen LogP contribution in [0.3, 0.4) is 0 Å². The quantitative estimate of drug-likeness (QED) is 0.461. The Bertz CT molecular complexity index is 623. The zero-order valence-electron chi connectivity index (χ0n) is 13.0. The Morgan fingerprint density at radius 1 is 1.43 bits per heavy atom. The maximum atomic E-state index is 12.5. The number of halogens is 1. The molecule has 2 aliphatic rings. The Morgan fingerprint density at radius 2 is 2.13 bits per heavy atom. The Hall–Kier alpha value is -1.40. The predicted octanol–water partition coefficient (Wildman–Crippen LogP) is 2.41. The number of esters is 1. The van der Waals surface area contributed by atoms with E-state index in [1.807, 2.05) is 31.2 Å². The standard InChI is InChI=1S/C16H18ClNO4S/c1-16(9-17)14(18-12(19)7-13(18)23-16)15(20)22-8-10-3-5-11(21-2)6-4-10/h3-6,13-14H,7-9H2,1-2H3/t13-,14+,16+/m1/s1. The van der Waals surface area contributed by atoms with E-state index in [-0.39, 0.29) is 17.9 Å². The number of hydrogen-bond donors (Lipinski definition) is 0. The summed E-state index contributed by atoms with van der Waals surface area (Å²) >= 11 is 7.65. The van der Waals surface area contributed by atoms with Crippen LogP contribution in [0.25, 0.3) is 0 Å². The molecule has 0 aliphatic carbocycles. The monoisotopic (exact) mass is 355 g/mol. The summed E-state index contributed by atoms with van der Waals surface area (Å²) in [6.45, 7) is 2.07. The highest BCUT2D eigenvalue weighted by Gasteiger charge is 2.60. The van der Waals surface area contributed by atoms with Crippen LogP contribution < -0.4 is 4.74 Å². The van der Waals surface area contributed by atoms with Crippen LogP contribution in [0.4, 0.5) is 0 Å². The minimum atomic E-state index is -0.616. The molecule has 2 saturated heterocycles. The van der Waals surface area contributed by atoms with Gasteiger partial charge in [0.05, 0.1) is 23.7 Å². The molecule has 1 amide bonds. The first-order chi connectivity index (χ1) is 11.0. The molecule has 1 aromatic rings. The number of carbonyl (C=O) groups excluding carboxylic acids is 2. The molecule has 3 rings (SSSR count). The van der Waals surface area contributed by atoms with Crippen LogP contribution in [0.2, 0.25) is 0 Å². The molecule has 2 aliphatic heterocycles. The summed E-state index contributed by atoms with van der Waals surface area (Å²) in [6, 6.07) is 6.69. The first kappa shape index (κ1) is 16.5. The molecule has 2 heterocycles. The first-order valence-corrected chi connectivity index (χ1v) is 8.74. The van der Waals surface area contributed by atoms with E-state index in [0.717, 1.165) is 11.3 Å². The van der Waals surface area contributed by atoms with Crippen LogP contribution in [0.1, 0.15) is 18.9 Å². The van der Waals surface area contributed by atoms with E-state index in [4.69, 9.17) is 21.1 Å². The van der Waals surface area contributed by atoms with Crippen molar-refractivity contribution >= 4 is 35.2 Å². The molecule has 5 nitrogen and oxygen atoms in total. The highest BCUT2D eigenvalue weighted by molar-refractivity contribution is 8.01. The third-order valence-electron chi connectivity index (χ3n) is 4.24. The minimum Gasteiger partial charge on any atom is -0.497 e. The number of fused-ring (bicyclic) bond motifs is 1. The fraction of sp³-hybridized carbons (Fsp3) is 0.500. The Labute approximate surface area is 144 Å². The van der Waals surface area contributed by atoms with E-state index >= 15 is 0 Å². The first-order valence-electron chi connectivity index (χ1n) is 7.33. The summed E-state index contributed by atoms with van der Waals surface area (Å²) in [7, 11) is 1.60. The lowest BCUT2D eigenvalue weighted by Crippen LogP contribution is -2.58. The molecule has 0 unspecified atom stereocenters. The van der Waals surface area contributed by atoms with Gasteiger partial charge in [-0.1, -0.05) is 12.1 Å². The molecule has 0 aromatic heterocycles. The van der Waals surface area contributed by atoms with Gasteiger partial charge in [0.1, 0.15) is 18.4 Å². The van der Waals surface area contributed by atoms with Gasteiger partial charge in [-0.25, -0.2) is 4.79 Å². The van der Waals surface area contributed by atoms with Crippen molar-refractivity contribution in [1.29, 1.82) is 0 Å². The SMILES string of the molecule is COc1ccc(COC(=O)[C@@H]2N3C(=O)C[C@H]3S[C@@]2(C)CCl)cc1. The number of hydrogen-bond acceptors (Lipinski definition) is 5. The maximum absolute atomic E-state index is 12.5. The summed E-state index contributed by atoms with van der Waals surface area (Å²) in [4.78, 5) is 26.0. The normalized spacial score (nSPS) is 29.0. The zero-order chi connectivity index (χ0) is 16.6. The topological polar surface area (TPSA) is 55.8 Å². The van der Waals surface area contributed by atoms with Gasteiger partial charge in [0.2, 0.25) is 5.91 Å². The summed E-state index contributed by atoms with van der Waals surface area (Å²) in [5.74, 6) is 0.631. The number of amides is 1. The fourth-order valence-electron chi connectivity index (χ4n) is 2.90. The largest absolute Gasteiger partial charge is 0.497 e. The van der Waals surface area contributed by atoms with Gasteiger partial charge >= 0.3 is 5.97 Å². The van der Waals surface area contributed by atoms with Crippen molar-refractivity contribution in [1.82, 2.24) is 4.90 Å². The number of thioether (sulfide) groups is 1. The second-order valence-electron chi connectivity index (χ2n) is 5.88.